The molecule has 15 heavy (non-hydrogen) atoms. The van der Waals surface area contributed by atoms with Crippen molar-refractivity contribution < 1.29 is 9.26 Å². The van der Waals surface area contributed by atoms with Gasteiger partial charge in [0.05, 0.1) is 6.10 Å². The molecule has 1 aromatic rings. The van der Waals surface area contributed by atoms with Crippen LogP contribution in [0.1, 0.15) is 37.0 Å². The highest BCUT2D eigenvalue weighted by Crippen LogP contribution is 2.21. The van der Waals surface area contributed by atoms with E-state index in [0.29, 0.717) is 11.9 Å². The Hall–Kier alpha value is -1.03. The number of nitrogens with two attached hydrogens (primary N) is 1. The van der Waals surface area contributed by atoms with Gasteiger partial charge >= 0.3 is 0 Å². The molecule has 1 aliphatic heterocycles. The molecule has 0 aliphatic carbocycles. The molecule has 1 fully saturated rings. The summed E-state index contributed by atoms with van der Waals surface area (Å²) in [6, 6.07) is 0. The summed E-state index contributed by atoms with van der Waals surface area (Å²) in [7, 11) is 0. The van der Waals surface area contributed by atoms with E-state index < -0.39 is 0 Å². The molecule has 2 heterocycles. The fourth-order valence-electron chi connectivity index (χ4n) is 1.94. The lowest BCUT2D eigenvalue weighted by atomic mass is 10.0. The van der Waals surface area contributed by atoms with E-state index in [-0.39, 0.29) is 0 Å². The second-order valence-corrected chi connectivity index (χ2v) is 4.14. The van der Waals surface area contributed by atoms with Crippen LogP contribution in [0.5, 0.6) is 0 Å². The monoisotopic (exact) mass is 210 g/mol. The van der Waals surface area contributed by atoms with Gasteiger partial charge in [0, 0.05) is 18.6 Å². The van der Waals surface area contributed by atoms with Crippen LogP contribution < -0.4 is 5.73 Å². The van der Waals surface area contributed by atoms with Crippen molar-refractivity contribution in [3.8, 4) is 0 Å². The summed E-state index contributed by atoms with van der Waals surface area (Å²) in [5.41, 5.74) is 6.59. The van der Waals surface area contributed by atoms with Crippen LogP contribution in [-0.4, -0.2) is 17.9 Å². The summed E-state index contributed by atoms with van der Waals surface area (Å²) in [6.45, 7) is 2.85. The van der Waals surface area contributed by atoms with Crippen molar-refractivity contribution in [1.29, 1.82) is 0 Å². The Kier molecular flexibility index (Phi) is 3.26. The number of rotatable bonds is 3. The number of aromatic nitrogens is 1. The number of hydrogen-bond donors (Lipinski definition) is 1. The predicted molar refractivity (Wildman–Crippen MR) is 57.6 cm³/mol. The Balaban J connectivity index is 1.84. The smallest absolute Gasteiger partial charge is 0.169 e. The van der Waals surface area contributed by atoms with E-state index >= 15 is 0 Å². The van der Waals surface area contributed by atoms with Crippen molar-refractivity contribution in [2.24, 2.45) is 0 Å². The zero-order valence-corrected chi connectivity index (χ0v) is 9.16. The maximum atomic E-state index is 5.65. The first-order valence-corrected chi connectivity index (χ1v) is 5.59. The van der Waals surface area contributed by atoms with E-state index in [4.69, 9.17) is 15.0 Å². The molecular formula is C11H18N2O2. The normalized spacial score (nSPS) is 21.8. The van der Waals surface area contributed by atoms with E-state index in [9.17, 15) is 0 Å². The molecule has 1 aliphatic rings. The van der Waals surface area contributed by atoms with E-state index in [1.807, 2.05) is 6.92 Å². The summed E-state index contributed by atoms with van der Waals surface area (Å²) in [5.74, 6) is 1.41. The number of nitrogens with zero attached hydrogens (tertiary/aromatic N) is 1. The Labute approximate surface area is 89.8 Å². The minimum atomic E-state index is 0.393. The molecule has 1 unspecified atom stereocenters. The van der Waals surface area contributed by atoms with Crippen LogP contribution >= 0.6 is 0 Å². The van der Waals surface area contributed by atoms with Crippen molar-refractivity contribution in [3.05, 3.63) is 11.3 Å². The van der Waals surface area contributed by atoms with Gasteiger partial charge < -0.3 is 15.0 Å². The Morgan fingerprint density at radius 1 is 1.47 bits per heavy atom. The SMILES string of the molecule is Cc1c(N)noc1CCC1CCCCO1. The second kappa shape index (κ2) is 4.66. The molecule has 4 heteroatoms. The molecule has 0 radical (unpaired) electrons. The predicted octanol–water partition coefficient (Wildman–Crippen LogP) is 2.07. The third-order valence-corrected chi connectivity index (χ3v) is 3.02. The van der Waals surface area contributed by atoms with Crippen molar-refractivity contribution in [2.75, 3.05) is 12.3 Å². The van der Waals surface area contributed by atoms with Gasteiger partial charge in [0.1, 0.15) is 5.76 Å². The first-order chi connectivity index (χ1) is 7.27. The van der Waals surface area contributed by atoms with Crippen molar-refractivity contribution in [3.63, 3.8) is 0 Å². The Morgan fingerprint density at radius 3 is 2.93 bits per heavy atom. The lowest BCUT2D eigenvalue weighted by Gasteiger charge is -2.21. The molecule has 1 atom stereocenters. The van der Waals surface area contributed by atoms with E-state index in [1.165, 1.54) is 19.3 Å². The van der Waals surface area contributed by atoms with Crippen LogP contribution in [0.4, 0.5) is 5.82 Å². The molecule has 84 valence electrons. The minimum absolute atomic E-state index is 0.393. The maximum absolute atomic E-state index is 5.65. The Bertz CT molecular complexity index is 316. The fourth-order valence-corrected chi connectivity index (χ4v) is 1.94. The van der Waals surface area contributed by atoms with Crippen LogP contribution in [-0.2, 0) is 11.2 Å². The third-order valence-electron chi connectivity index (χ3n) is 3.02. The lowest BCUT2D eigenvalue weighted by Crippen LogP contribution is -2.19. The summed E-state index contributed by atoms with van der Waals surface area (Å²) < 4.78 is 10.8. The highest BCUT2D eigenvalue weighted by atomic mass is 16.5. The first-order valence-electron chi connectivity index (χ1n) is 5.59. The van der Waals surface area contributed by atoms with Gasteiger partial charge in [0.2, 0.25) is 0 Å². The molecule has 0 spiro atoms. The minimum Gasteiger partial charge on any atom is -0.381 e. The lowest BCUT2D eigenvalue weighted by molar-refractivity contribution is 0.0106. The molecule has 2 N–H and O–H groups in total. The van der Waals surface area contributed by atoms with Crippen LogP contribution in [0, 0.1) is 6.92 Å². The average Bonchev–Trinajstić information content (AvgIpc) is 2.59. The molecular weight excluding hydrogens is 192 g/mol. The van der Waals surface area contributed by atoms with Gasteiger partial charge in [0.15, 0.2) is 5.82 Å². The van der Waals surface area contributed by atoms with Gasteiger partial charge in [-0.2, -0.15) is 0 Å². The zero-order valence-electron chi connectivity index (χ0n) is 9.16. The number of ether oxygens (including phenoxy) is 1. The van der Waals surface area contributed by atoms with Crippen molar-refractivity contribution in [2.45, 2.75) is 45.1 Å². The second-order valence-electron chi connectivity index (χ2n) is 4.14. The fraction of sp³-hybridized carbons (Fsp3) is 0.727. The summed E-state index contributed by atoms with van der Waals surface area (Å²) in [4.78, 5) is 0. The third kappa shape index (κ3) is 2.50. The van der Waals surface area contributed by atoms with Crippen molar-refractivity contribution >= 4 is 5.82 Å². The largest absolute Gasteiger partial charge is 0.381 e. The molecule has 0 aromatic carbocycles. The first kappa shape index (κ1) is 10.5. The van der Waals surface area contributed by atoms with E-state index in [0.717, 1.165) is 30.8 Å². The topological polar surface area (TPSA) is 61.3 Å². The zero-order chi connectivity index (χ0) is 10.7. The number of nitrogen functional groups attached to an aromatic ring is 1. The van der Waals surface area contributed by atoms with Gasteiger partial charge in [-0.3, -0.25) is 0 Å². The summed E-state index contributed by atoms with van der Waals surface area (Å²) >= 11 is 0. The van der Waals surface area contributed by atoms with Crippen LogP contribution in [0.15, 0.2) is 4.52 Å². The molecule has 4 nitrogen and oxygen atoms in total. The van der Waals surface area contributed by atoms with Gasteiger partial charge in [-0.05, 0) is 32.6 Å². The number of hydrogen-bond acceptors (Lipinski definition) is 4. The molecule has 0 bridgehead atoms. The Morgan fingerprint density at radius 2 is 2.33 bits per heavy atom. The molecule has 1 aromatic heterocycles. The van der Waals surface area contributed by atoms with Crippen LogP contribution in [0.3, 0.4) is 0 Å². The molecule has 0 saturated carbocycles. The molecule has 0 amide bonds. The quantitative estimate of drug-likeness (QED) is 0.829. The van der Waals surface area contributed by atoms with Crippen LogP contribution in [0.25, 0.3) is 0 Å². The highest BCUT2D eigenvalue weighted by molar-refractivity contribution is 5.38. The van der Waals surface area contributed by atoms with Gasteiger partial charge in [-0.1, -0.05) is 5.16 Å². The van der Waals surface area contributed by atoms with Crippen molar-refractivity contribution in [1.82, 2.24) is 5.16 Å². The molecule has 1 saturated heterocycles. The maximum Gasteiger partial charge on any atom is 0.169 e. The standard InChI is InChI=1S/C11H18N2O2/c1-8-10(15-13-11(8)12)6-5-9-4-2-3-7-14-9/h9H,2-7H2,1H3,(H2,12,13). The van der Waals surface area contributed by atoms with Gasteiger partial charge in [-0.25, -0.2) is 0 Å². The van der Waals surface area contributed by atoms with E-state index in [2.05, 4.69) is 5.16 Å². The van der Waals surface area contributed by atoms with Gasteiger partial charge in [-0.15, -0.1) is 0 Å². The van der Waals surface area contributed by atoms with Gasteiger partial charge in [0.25, 0.3) is 0 Å². The highest BCUT2D eigenvalue weighted by Gasteiger charge is 2.16. The summed E-state index contributed by atoms with van der Waals surface area (Å²) in [6.07, 6.45) is 5.93. The molecule has 2 rings (SSSR count). The number of anilines is 1. The van der Waals surface area contributed by atoms with Crippen LogP contribution in [0.2, 0.25) is 0 Å². The average molecular weight is 210 g/mol. The summed E-state index contributed by atoms with van der Waals surface area (Å²) in [5, 5.41) is 3.74. The number of aryl methyl sites for hydroxylation is 1. The van der Waals surface area contributed by atoms with E-state index in [1.54, 1.807) is 0 Å².